The molecule has 1 aromatic carbocycles. The molecule has 3 aromatic rings. The number of rotatable bonds is 15. The zero-order valence-corrected chi connectivity index (χ0v) is 20.7. The number of hydrogen-bond donors (Lipinski definition) is 4. The van der Waals surface area contributed by atoms with Crippen LogP contribution in [0.5, 0.6) is 17.2 Å². The molecule has 190 valence electrons. The van der Waals surface area contributed by atoms with Gasteiger partial charge in [0.05, 0.1) is 26.2 Å². The largest absolute Gasteiger partial charge is 0.493 e. The summed E-state index contributed by atoms with van der Waals surface area (Å²) >= 11 is 0. The van der Waals surface area contributed by atoms with E-state index in [0.717, 1.165) is 42.7 Å². The molecule has 0 aliphatic heterocycles. The van der Waals surface area contributed by atoms with Crippen LogP contribution in [0, 0.1) is 0 Å². The number of aromatic nitrogens is 3. The van der Waals surface area contributed by atoms with Gasteiger partial charge in [-0.1, -0.05) is 0 Å². The van der Waals surface area contributed by atoms with E-state index in [1.807, 2.05) is 13.2 Å². The standard InChI is InChI=1S/C24H34N6O5/c1-25-8-6-9-30(2)14-16-13-26-23-21(16)24(28-15-27-23)29-17-11-18(33-3)22(34-4)19(12-17)35-10-5-7-20(31)32/h11-13,15,25H,5-10,14H2,1-4H3,(H,31,32)(H2,26,27,28,29). The normalized spacial score (nSPS) is 11.1. The lowest BCUT2D eigenvalue weighted by molar-refractivity contribution is -0.137. The Hall–Kier alpha value is -3.57. The van der Waals surface area contributed by atoms with Gasteiger partial charge < -0.3 is 39.8 Å². The van der Waals surface area contributed by atoms with Crippen LogP contribution in [0.3, 0.4) is 0 Å². The van der Waals surface area contributed by atoms with Crippen molar-refractivity contribution in [2.24, 2.45) is 0 Å². The summed E-state index contributed by atoms with van der Waals surface area (Å²) in [7, 11) is 7.12. The summed E-state index contributed by atoms with van der Waals surface area (Å²) in [5, 5.41) is 16.3. The number of nitrogens with zero attached hydrogens (tertiary/aromatic N) is 3. The molecular formula is C24H34N6O5. The summed E-state index contributed by atoms with van der Waals surface area (Å²) in [5.41, 5.74) is 2.51. The molecule has 0 radical (unpaired) electrons. The van der Waals surface area contributed by atoms with Gasteiger partial charge in [-0.25, -0.2) is 9.97 Å². The highest BCUT2D eigenvalue weighted by Crippen LogP contribution is 2.41. The minimum absolute atomic E-state index is 0.0238. The van der Waals surface area contributed by atoms with Crippen molar-refractivity contribution in [3.8, 4) is 17.2 Å². The molecule has 0 amide bonds. The number of carboxylic acids is 1. The third-order valence-corrected chi connectivity index (χ3v) is 5.46. The highest BCUT2D eigenvalue weighted by molar-refractivity contribution is 5.92. The lowest BCUT2D eigenvalue weighted by Gasteiger charge is -2.18. The Labute approximate surface area is 204 Å². The van der Waals surface area contributed by atoms with Crippen molar-refractivity contribution in [3.05, 3.63) is 30.2 Å². The van der Waals surface area contributed by atoms with E-state index in [-0.39, 0.29) is 13.0 Å². The lowest BCUT2D eigenvalue weighted by Crippen LogP contribution is -2.22. The number of nitrogens with one attached hydrogen (secondary N) is 3. The van der Waals surface area contributed by atoms with Gasteiger partial charge in [0.1, 0.15) is 17.8 Å². The van der Waals surface area contributed by atoms with Gasteiger partial charge in [-0.3, -0.25) is 4.79 Å². The number of fused-ring (bicyclic) bond motifs is 1. The maximum atomic E-state index is 10.8. The van der Waals surface area contributed by atoms with E-state index in [1.165, 1.54) is 13.4 Å². The molecule has 0 saturated heterocycles. The molecule has 0 spiro atoms. The lowest BCUT2D eigenvalue weighted by atomic mass is 10.2. The van der Waals surface area contributed by atoms with Crippen LogP contribution in [0.15, 0.2) is 24.7 Å². The van der Waals surface area contributed by atoms with Crippen LogP contribution >= 0.6 is 0 Å². The van der Waals surface area contributed by atoms with E-state index < -0.39 is 5.97 Å². The van der Waals surface area contributed by atoms with Gasteiger partial charge in [-0.2, -0.15) is 0 Å². The molecule has 11 heteroatoms. The van der Waals surface area contributed by atoms with Gasteiger partial charge in [0.15, 0.2) is 11.5 Å². The molecule has 0 unspecified atom stereocenters. The fourth-order valence-corrected chi connectivity index (χ4v) is 3.79. The number of carboxylic acid groups (broad SMARTS) is 1. The number of aliphatic carboxylic acids is 1. The molecule has 3 rings (SSSR count). The van der Waals surface area contributed by atoms with Gasteiger partial charge in [0.25, 0.3) is 0 Å². The Morgan fingerprint density at radius 2 is 1.97 bits per heavy atom. The number of H-pyrrole nitrogens is 1. The fourth-order valence-electron chi connectivity index (χ4n) is 3.79. The van der Waals surface area contributed by atoms with E-state index >= 15 is 0 Å². The fraction of sp³-hybridized carbons (Fsp3) is 0.458. The molecule has 35 heavy (non-hydrogen) atoms. The summed E-state index contributed by atoms with van der Waals surface area (Å²) in [6.07, 6.45) is 4.92. The van der Waals surface area contributed by atoms with Crippen molar-refractivity contribution >= 4 is 28.5 Å². The third kappa shape index (κ3) is 6.96. The van der Waals surface area contributed by atoms with E-state index in [2.05, 4.69) is 37.5 Å². The number of ether oxygens (including phenoxy) is 3. The molecule has 0 aliphatic rings. The van der Waals surface area contributed by atoms with Gasteiger partial charge >= 0.3 is 5.97 Å². The first-order valence-electron chi connectivity index (χ1n) is 11.5. The van der Waals surface area contributed by atoms with Gasteiger partial charge in [-0.15, -0.1) is 0 Å². The first kappa shape index (κ1) is 26.0. The maximum Gasteiger partial charge on any atom is 0.303 e. The Kier molecular flexibility index (Phi) is 9.50. The quantitative estimate of drug-likeness (QED) is 0.238. The van der Waals surface area contributed by atoms with Gasteiger partial charge in [-0.05, 0) is 45.6 Å². The Morgan fingerprint density at radius 1 is 1.17 bits per heavy atom. The van der Waals surface area contributed by atoms with Crippen LogP contribution in [0.4, 0.5) is 11.5 Å². The molecule has 0 aliphatic carbocycles. The van der Waals surface area contributed by atoms with Crippen LogP contribution in [-0.2, 0) is 11.3 Å². The number of aromatic amines is 1. The minimum atomic E-state index is -0.865. The summed E-state index contributed by atoms with van der Waals surface area (Å²) < 4.78 is 16.8. The first-order chi connectivity index (χ1) is 17.0. The molecule has 0 bridgehead atoms. The number of benzene rings is 1. The smallest absolute Gasteiger partial charge is 0.303 e. The second-order valence-electron chi connectivity index (χ2n) is 8.14. The van der Waals surface area contributed by atoms with Crippen LogP contribution in [-0.4, -0.2) is 78.9 Å². The van der Waals surface area contributed by atoms with Crippen LogP contribution < -0.4 is 24.8 Å². The molecule has 11 nitrogen and oxygen atoms in total. The molecule has 2 aromatic heterocycles. The van der Waals surface area contributed by atoms with Crippen molar-refractivity contribution in [1.82, 2.24) is 25.2 Å². The monoisotopic (exact) mass is 486 g/mol. The molecule has 0 atom stereocenters. The van der Waals surface area contributed by atoms with Crippen molar-refractivity contribution in [2.45, 2.75) is 25.8 Å². The van der Waals surface area contributed by atoms with Crippen LogP contribution in [0.1, 0.15) is 24.8 Å². The van der Waals surface area contributed by atoms with Crippen LogP contribution in [0.2, 0.25) is 0 Å². The highest BCUT2D eigenvalue weighted by atomic mass is 16.5. The van der Waals surface area contributed by atoms with Crippen molar-refractivity contribution < 1.29 is 24.1 Å². The van der Waals surface area contributed by atoms with Gasteiger partial charge in [0, 0.05) is 37.0 Å². The summed E-state index contributed by atoms with van der Waals surface area (Å²) in [5.74, 6) is 1.15. The average molecular weight is 487 g/mol. The van der Waals surface area contributed by atoms with E-state index in [0.29, 0.717) is 35.2 Å². The van der Waals surface area contributed by atoms with E-state index in [9.17, 15) is 4.79 Å². The van der Waals surface area contributed by atoms with Gasteiger partial charge in [0.2, 0.25) is 5.75 Å². The summed E-state index contributed by atoms with van der Waals surface area (Å²) in [4.78, 5) is 25.2. The number of anilines is 2. The second kappa shape index (κ2) is 12.8. The zero-order chi connectivity index (χ0) is 25.2. The second-order valence-corrected chi connectivity index (χ2v) is 8.14. The molecule has 0 fully saturated rings. The molecule has 4 N–H and O–H groups in total. The first-order valence-corrected chi connectivity index (χ1v) is 11.5. The predicted octanol–water partition coefficient (Wildman–Crippen LogP) is 3.00. The molecule has 2 heterocycles. The number of carbonyl (C=O) groups is 1. The molecule has 0 saturated carbocycles. The summed E-state index contributed by atoms with van der Waals surface area (Å²) in [6, 6.07) is 3.58. The van der Waals surface area contributed by atoms with Crippen LogP contribution in [0.25, 0.3) is 11.0 Å². The Morgan fingerprint density at radius 3 is 2.69 bits per heavy atom. The highest BCUT2D eigenvalue weighted by Gasteiger charge is 2.17. The third-order valence-electron chi connectivity index (χ3n) is 5.46. The predicted molar refractivity (Wildman–Crippen MR) is 134 cm³/mol. The van der Waals surface area contributed by atoms with Crippen molar-refractivity contribution in [1.29, 1.82) is 0 Å². The maximum absolute atomic E-state index is 10.8. The van der Waals surface area contributed by atoms with Crippen molar-refractivity contribution in [3.63, 3.8) is 0 Å². The Bertz CT molecular complexity index is 1120. The van der Waals surface area contributed by atoms with E-state index in [1.54, 1.807) is 19.2 Å². The van der Waals surface area contributed by atoms with Crippen molar-refractivity contribution in [2.75, 3.05) is 53.3 Å². The summed E-state index contributed by atoms with van der Waals surface area (Å²) in [6.45, 7) is 2.90. The zero-order valence-electron chi connectivity index (χ0n) is 20.7. The van der Waals surface area contributed by atoms with E-state index in [4.69, 9.17) is 19.3 Å². The SMILES string of the molecule is CNCCCN(C)Cc1c[nH]c2ncnc(Nc3cc(OC)c(OC)c(OCCCC(=O)O)c3)c12. The minimum Gasteiger partial charge on any atom is -0.493 e. The average Bonchev–Trinajstić information content (AvgIpc) is 3.25. The topological polar surface area (TPSA) is 134 Å². The number of hydrogen-bond acceptors (Lipinski definition) is 9. The Balaban J connectivity index is 1.86. The molecular weight excluding hydrogens is 452 g/mol. The number of methoxy groups -OCH3 is 2.